The number of ether oxygens (including phenoxy) is 1. The van der Waals surface area contributed by atoms with Gasteiger partial charge in [0.1, 0.15) is 12.9 Å². The van der Waals surface area contributed by atoms with E-state index < -0.39 is 0 Å². The topological polar surface area (TPSA) is 26.3 Å². The van der Waals surface area contributed by atoms with Crippen molar-refractivity contribution in [1.29, 1.82) is 0 Å². The molecule has 0 spiro atoms. The van der Waals surface area contributed by atoms with Crippen LogP contribution in [0.5, 0.6) is 0 Å². The summed E-state index contributed by atoms with van der Waals surface area (Å²) in [5.41, 5.74) is 1.14. The van der Waals surface area contributed by atoms with Crippen LogP contribution in [-0.4, -0.2) is 19.5 Å². The Balaban J connectivity index is 2.28. The number of hydrogen-bond donors (Lipinski definition) is 0. The SMILES string of the molecule is O=CCOC/C=C/c1ccccc1. The first-order chi connectivity index (χ1) is 6.43. The van der Waals surface area contributed by atoms with E-state index in [1.54, 1.807) is 0 Å². The van der Waals surface area contributed by atoms with Gasteiger partial charge >= 0.3 is 0 Å². The Morgan fingerprint density at radius 2 is 1.92 bits per heavy atom. The van der Waals surface area contributed by atoms with Crippen LogP contribution >= 0.6 is 0 Å². The van der Waals surface area contributed by atoms with E-state index in [4.69, 9.17) is 4.74 Å². The van der Waals surface area contributed by atoms with Crippen LogP contribution in [0.15, 0.2) is 36.4 Å². The predicted molar refractivity (Wildman–Crippen MR) is 52.4 cm³/mol. The van der Waals surface area contributed by atoms with Gasteiger partial charge in [0.2, 0.25) is 0 Å². The molecule has 1 aromatic carbocycles. The number of carbonyl (C=O) groups is 1. The zero-order valence-corrected chi connectivity index (χ0v) is 7.35. The third kappa shape index (κ3) is 4.23. The molecule has 0 bridgehead atoms. The summed E-state index contributed by atoms with van der Waals surface area (Å²) in [6.45, 7) is 0.646. The number of hydrogen-bond acceptors (Lipinski definition) is 2. The Morgan fingerprint density at radius 1 is 1.15 bits per heavy atom. The van der Waals surface area contributed by atoms with Gasteiger partial charge in [-0.15, -0.1) is 0 Å². The second-order valence-corrected chi connectivity index (χ2v) is 2.52. The number of benzene rings is 1. The van der Waals surface area contributed by atoms with Gasteiger partial charge in [0.25, 0.3) is 0 Å². The summed E-state index contributed by atoms with van der Waals surface area (Å²) >= 11 is 0. The lowest BCUT2D eigenvalue weighted by Crippen LogP contribution is -1.93. The second kappa shape index (κ2) is 6.14. The summed E-state index contributed by atoms with van der Waals surface area (Å²) < 4.78 is 4.95. The van der Waals surface area contributed by atoms with E-state index in [-0.39, 0.29) is 6.61 Å². The lowest BCUT2D eigenvalue weighted by molar-refractivity contribution is -0.111. The largest absolute Gasteiger partial charge is 0.370 e. The Labute approximate surface area is 77.8 Å². The predicted octanol–water partition coefficient (Wildman–Crippen LogP) is 1.92. The van der Waals surface area contributed by atoms with Gasteiger partial charge in [-0.1, -0.05) is 42.5 Å². The molecule has 1 aromatic rings. The van der Waals surface area contributed by atoms with Crippen molar-refractivity contribution in [1.82, 2.24) is 0 Å². The van der Waals surface area contributed by atoms with Gasteiger partial charge in [-0.2, -0.15) is 0 Å². The quantitative estimate of drug-likeness (QED) is 0.506. The first kappa shape index (κ1) is 9.68. The van der Waals surface area contributed by atoms with Crippen molar-refractivity contribution in [3.8, 4) is 0 Å². The molecule has 13 heavy (non-hydrogen) atoms. The monoisotopic (exact) mass is 176 g/mol. The fourth-order valence-corrected chi connectivity index (χ4v) is 0.933. The normalized spacial score (nSPS) is 10.5. The summed E-state index contributed by atoms with van der Waals surface area (Å²) in [5.74, 6) is 0. The van der Waals surface area contributed by atoms with Gasteiger partial charge < -0.3 is 9.53 Å². The fourth-order valence-electron chi connectivity index (χ4n) is 0.933. The van der Waals surface area contributed by atoms with Gasteiger partial charge in [-0.25, -0.2) is 0 Å². The number of carbonyl (C=O) groups excluding carboxylic acids is 1. The van der Waals surface area contributed by atoms with E-state index in [2.05, 4.69) is 0 Å². The molecule has 0 heterocycles. The average molecular weight is 176 g/mol. The molecule has 2 heteroatoms. The molecule has 0 atom stereocenters. The molecule has 0 saturated heterocycles. The summed E-state index contributed by atoms with van der Waals surface area (Å²) in [4.78, 5) is 9.89. The molecule has 0 fully saturated rings. The number of aldehydes is 1. The third-order valence-electron chi connectivity index (χ3n) is 1.51. The highest BCUT2D eigenvalue weighted by atomic mass is 16.5. The van der Waals surface area contributed by atoms with Crippen molar-refractivity contribution in [2.45, 2.75) is 0 Å². The minimum absolute atomic E-state index is 0.166. The summed E-state index contributed by atoms with van der Waals surface area (Å²) in [5, 5.41) is 0. The highest BCUT2D eigenvalue weighted by Gasteiger charge is 1.82. The van der Waals surface area contributed by atoms with Gasteiger partial charge in [0.15, 0.2) is 0 Å². The van der Waals surface area contributed by atoms with Crippen molar-refractivity contribution < 1.29 is 9.53 Å². The zero-order chi connectivity index (χ0) is 9.36. The van der Waals surface area contributed by atoms with Crippen molar-refractivity contribution in [2.24, 2.45) is 0 Å². The van der Waals surface area contributed by atoms with Crippen molar-refractivity contribution in [2.75, 3.05) is 13.2 Å². The molecular weight excluding hydrogens is 164 g/mol. The Hall–Kier alpha value is -1.41. The van der Waals surface area contributed by atoms with Crippen LogP contribution < -0.4 is 0 Å². The third-order valence-corrected chi connectivity index (χ3v) is 1.51. The van der Waals surface area contributed by atoms with Crippen molar-refractivity contribution in [3.05, 3.63) is 42.0 Å². The molecule has 0 unspecified atom stereocenters. The van der Waals surface area contributed by atoms with Crippen LogP contribution in [0.25, 0.3) is 6.08 Å². The van der Waals surface area contributed by atoms with Crippen molar-refractivity contribution in [3.63, 3.8) is 0 Å². The fraction of sp³-hybridized carbons (Fsp3) is 0.182. The van der Waals surface area contributed by atoms with E-state index in [0.29, 0.717) is 6.61 Å². The van der Waals surface area contributed by atoms with Crippen LogP contribution in [0.3, 0.4) is 0 Å². The maximum Gasteiger partial charge on any atom is 0.145 e. The van der Waals surface area contributed by atoms with E-state index in [1.807, 2.05) is 42.5 Å². The van der Waals surface area contributed by atoms with Gasteiger partial charge in [0, 0.05) is 0 Å². The maximum absolute atomic E-state index is 9.89. The lowest BCUT2D eigenvalue weighted by Gasteiger charge is -1.93. The molecule has 0 aliphatic rings. The molecule has 0 amide bonds. The summed E-state index contributed by atoms with van der Waals surface area (Å²) in [7, 11) is 0. The standard InChI is InChI=1S/C11H12O2/c12-8-10-13-9-4-7-11-5-2-1-3-6-11/h1-8H,9-10H2/b7-4+. The molecule has 0 N–H and O–H groups in total. The van der Waals surface area contributed by atoms with Crippen LogP contribution in [0, 0.1) is 0 Å². The van der Waals surface area contributed by atoms with E-state index in [9.17, 15) is 4.79 Å². The molecule has 0 saturated carbocycles. The Bertz CT molecular complexity index is 265. The van der Waals surface area contributed by atoms with E-state index >= 15 is 0 Å². The summed E-state index contributed by atoms with van der Waals surface area (Å²) in [6, 6.07) is 9.95. The molecular formula is C11H12O2. The Kier molecular flexibility index (Phi) is 4.57. The molecule has 0 radical (unpaired) electrons. The lowest BCUT2D eigenvalue weighted by atomic mass is 10.2. The second-order valence-electron chi connectivity index (χ2n) is 2.52. The van der Waals surface area contributed by atoms with E-state index in [1.165, 1.54) is 0 Å². The first-order valence-corrected chi connectivity index (χ1v) is 4.16. The van der Waals surface area contributed by atoms with Crippen LogP contribution in [0.2, 0.25) is 0 Å². The highest BCUT2D eigenvalue weighted by molar-refractivity contribution is 5.51. The highest BCUT2D eigenvalue weighted by Crippen LogP contribution is 2.00. The molecule has 2 nitrogen and oxygen atoms in total. The number of rotatable bonds is 5. The smallest absolute Gasteiger partial charge is 0.145 e. The van der Waals surface area contributed by atoms with Gasteiger partial charge in [-0.05, 0) is 5.56 Å². The maximum atomic E-state index is 9.89. The zero-order valence-electron chi connectivity index (χ0n) is 7.35. The molecule has 0 aliphatic carbocycles. The van der Waals surface area contributed by atoms with Gasteiger partial charge in [-0.3, -0.25) is 0 Å². The molecule has 1 rings (SSSR count). The van der Waals surface area contributed by atoms with Crippen LogP contribution in [0.4, 0.5) is 0 Å². The average Bonchev–Trinajstić information content (AvgIpc) is 2.19. The summed E-state index contributed by atoms with van der Waals surface area (Å²) in [6.07, 6.45) is 4.60. The van der Waals surface area contributed by atoms with Crippen LogP contribution in [0.1, 0.15) is 5.56 Å². The molecule has 0 aromatic heterocycles. The van der Waals surface area contributed by atoms with Crippen LogP contribution in [-0.2, 0) is 9.53 Å². The minimum atomic E-state index is 0.166. The van der Waals surface area contributed by atoms with Gasteiger partial charge in [0.05, 0.1) is 6.61 Å². The van der Waals surface area contributed by atoms with E-state index in [0.717, 1.165) is 11.8 Å². The van der Waals surface area contributed by atoms with Crippen molar-refractivity contribution >= 4 is 12.4 Å². The molecule has 68 valence electrons. The minimum Gasteiger partial charge on any atom is -0.370 e. The molecule has 0 aliphatic heterocycles. The Morgan fingerprint density at radius 3 is 2.62 bits per heavy atom. The first-order valence-electron chi connectivity index (χ1n) is 4.16.